The zero-order valence-corrected chi connectivity index (χ0v) is 16.7. The molecule has 142 valence electrons. The van der Waals surface area contributed by atoms with E-state index in [0.717, 1.165) is 11.7 Å². The fourth-order valence-electron chi connectivity index (χ4n) is 4.78. The number of allylic oxidation sites excluding steroid dienone is 2. The van der Waals surface area contributed by atoms with Crippen LogP contribution in [0.15, 0.2) is 36.7 Å². The smallest absolute Gasteiger partial charge is 0.131 e. The molecule has 0 saturated heterocycles. The maximum absolute atomic E-state index is 5.71. The summed E-state index contributed by atoms with van der Waals surface area (Å²) in [6, 6.07) is 0. The molecule has 0 atom stereocenters. The Morgan fingerprint density at radius 3 is 2.23 bits per heavy atom. The third-order valence-corrected chi connectivity index (χ3v) is 6.66. The summed E-state index contributed by atoms with van der Waals surface area (Å²) in [5.41, 5.74) is 3.03. The SMILES string of the molecule is C=CCCCC1CCC(c2cnc(C3CCC(C=CCl)CC3)nc2)CC1. The highest BCUT2D eigenvalue weighted by Crippen LogP contribution is 2.38. The molecule has 0 amide bonds. The van der Waals surface area contributed by atoms with E-state index >= 15 is 0 Å². The minimum atomic E-state index is 0.532. The molecule has 2 aliphatic carbocycles. The van der Waals surface area contributed by atoms with Crippen molar-refractivity contribution in [2.24, 2.45) is 11.8 Å². The Kier molecular flexibility index (Phi) is 7.73. The minimum absolute atomic E-state index is 0.532. The van der Waals surface area contributed by atoms with E-state index in [4.69, 9.17) is 21.6 Å². The van der Waals surface area contributed by atoms with Gasteiger partial charge in [0.1, 0.15) is 5.82 Å². The molecule has 0 aromatic carbocycles. The Morgan fingerprint density at radius 2 is 1.62 bits per heavy atom. The lowest BCUT2D eigenvalue weighted by molar-refractivity contribution is 0.305. The van der Waals surface area contributed by atoms with Gasteiger partial charge in [-0.15, -0.1) is 6.58 Å². The Morgan fingerprint density at radius 1 is 0.962 bits per heavy atom. The van der Waals surface area contributed by atoms with Crippen LogP contribution < -0.4 is 0 Å². The van der Waals surface area contributed by atoms with Crippen molar-refractivity contribution in [3.05, 3.63) is 48.0 Å². The molecule has 0 radical (unpaired) electrons. The monoisotopic (exact) mass is 372 g/mol. The van der Waals surface area contributed by atoms with Crippen LogP contribution in [0.25, 0.3) is 0 Å². The van der Waals surface area contributed by atoms with Gasteiger partial charge in [0.15, 0.2) is 0 Å². The lowest BCUT2D eigenvalue weighted by atomic mass is 9.77. The van der Waals surface area contributed by atoms with Crippen LogP contribution in [0.3, 0.4) is 0 Å². The average molecular weight is 373 g/mol. The maximum atomic E-state index is 5.71. The standard InChI is InChI=1S/C23H33ClN2/c1-2-3-4-5-18-6-10-20(11-7-18)22-16-25-23(26-17-22)21-12-8-19(9-13-21)14-15-24/h2,14-21H,1,3-13H2. The van der Waals surface area contributed by atoms with Gasteiger partial charge in [0.25, 0.3) is 0 Å². The summed E-state index contributed by atoms with van der Waals surface area (Å²) in [6.45, 7) is 3.83. The van der Waals surface area contributed by atoms with Crippen molar-refractivity contribution in [1.82, 2.24) is 9.97 Å². The van der Waals surface area contributed by atoms with Crippen LogP contribution in [0.4, 0.5) is 0 Å². The van der Waals surface area contributed by atoms with Crippen molar-refractivity contribution in [3.8, 4) is 0 Å². The first-order valence-corrected chi connectivity index (χ1v) is 10.9. The molecule has 1 aromatic rings. The van der Waals surface area contributed by atoms with E-state index in [1.807, 2.05) is 6.08 Å². The van der Waals surface area contributed by atoms with E-state index in [1.165, 1.54) is 76.2 Å². The lowest BCUT2D eigenvalue weighted by Crippen LogP contribution is -2.16. The molecular weight excluding hydrogens is 340 g/mol. The Balaban J connectivity index is 1.47. The van der Waals surface area contributed by atoms with Gasteiger partial charge in [-0.1, -0.05) is 30.2 Å². The largest absolute Gasteiger partial charge is 0.241 e. The quantitative estimate of drug-likeness (QED) is 0.375. The molecule has 3 rings (SSSR count). The van der Waals surface area contributed by atoms with Crippen molar-refractivity contribution in [1.29, 1.82) is 0 Å². The molecule has 0 bridgehead atoms. The molecule has 1 aromatic heterocycles. The third kappa shape index (κ3) is 5.42. The van der Waals surface area contributed by atoms with Crippen LogP contribution >= 0.6 is 11.6 Å². The summed E-state index contributed by atoms with van der Waals surface area (Å²) >= 11 is 5.71. The van der Waals surface area contributed by atoms with Gasteiger partial charge in [0, 0.05) is 23.8 Å². The number of rotatable bonds is 7. The van der Waals surface area contributed by atoms with Gasteiger partial charge in [-0.25, -0.2) is 9.97 Å². The van der Waals surface area contributed by atoms with Gasteiger partial charge in [-0.2, -0.15) is 0 Å². The molecule has 2 saturated carbocycles. The number of halogens is 1. The number of aromatic nitrogens is 2. The number of hydrogen-bond donors (Lipinski definition) is 0. The second kappa shape index (κ2) is 10.3. The summed E-state index contributed by atoms with van der Waals surface area (Å²) in [6.07, 6.45) is 22.4. The van der Waals surface area contributed by atoms with Gasteiger partial charge in [-0.05, 0) is 87.5 Å². The fourth-order valence-corrected chi connectivity index (χ4v) is 4.98. The van der Waals surface area contributed by atoms with Gasteiger partial charge >= 0.3 is 0 Å². The molecule has 0 unspecified atom stereocenters. The summed E-state index contributed by atoms with van der Waals surface area (Å²) < 4.78 is 0. The van der Waals surface area contributed by atoms with E-state index < -0.39 is 0 Å². The molecule has 0 N–H and O–H groups in total. The van der Waals surface area contributed by atoms with Crippen LogP contribution in [-0.2, 0) is 0 Å². The van der Waals surface area contributed by atoms with Crippen LogP contribution in [0, 0.1) is 11.8 Å². The molecule has 2 aliphatic rings. The van der Waals surface area contributed by atoms with Crippen molar-refractivity contribution in [3.63, 3.8) is 0 Å². The van der Waals surface area contributed by atoms with E-state index in [9.17, 15) is 0 Å². The van der Waals surface area contributed by atoms with Crippen molar-refractivity contribution >= 4 is 11.6 Å². The molecule has 2 nitrogen and oxygen atoms in total. The maximum Gasteiger partial charge on any atom is 0.131 e. The normalized spacial score (nSPS) is 29.7. The molecule has 26 heavy (non-hydrogen) atoms. The molecular formula is C23H33ClN2. The molecule has 2 fully saturated rings. The first-order chi connectivity index (χ1) is 12.8. The van der Waals surface area contributed by atoms with E-state index in [0.29, 0.717) is 17.8 Å². The van der Waals surface area contributed by atoms with Crippen molar-refractivity contribution < 1.29 is 0 Å². The Labute approximate surface area is 164 Å². The van der Waals surface area contributed by atoms with Crippen LogP contribution in [0.2, 0.25) is 0 Å². The minimum Gasteiger partial charge on any atom is -0.241 e. The number of hydrogen-bond acceptors (Lipinski definition) is 2. The Hall–Kier alpha value is -1.15. The lowest BCUT2D eigenvalue weighted by Gasteiger charge is -2.29. The van der Waals surface area contributed by atoms with Gasteiger partial charge in [0.2, 0.25) is 0 Å². The highest BCUT2D eigenvalue weighted by atomic mass is 35.5. The summed E-state index contributed by atoms with van der Waals surface area (Å²) in [5.74, 6) is 3.82. The second-order valence-electron chi connectivity index (χ2n) is 8.24. The third-order valence-electron chi connectivity index (χ3n) is 6.51. The van der Waals surface area contributed by atoms with Gasteiger partial charge in [0.05, 0.1) is 0 Å². The Bertz CT molecular complexity index is 564. The van der Waals surface area contributed by atoms with Gasteiger partial charge < -0.3 is 0 Å². The second-order valence-corrected chi connectivity index (χ2v) is 8.49. The predicted octanol–water partition coefficient (Wildman–Crippen LogP) is 7.13. The van der Waals surface area contributed by atoms with Crippen LogP contribution in [-0.4, -0.2) is 9.97 Å². The van der Waals surface area contributed by atoms with E-state index in [-0.39, 0.29) is 0 Å². The fraction of sp³-hybridized carbons (Fsp3) is 0.652. The molecule has 3 heteroatoms. The van der Waals surface area contributed by atoms with Crippen LogP contribution in [0.5, 0.6) is 0 Å². The van der Waals surface area contributed by atoms with Gasteiger partial charge in [-0.3, -0.25) is 0 Å². The molecule has 0 spiro atoms. The van der Waals surface area contributed by atoms with Crippen molar-refractivity contribution in [2.45, 2.75) is 82.5 Å². The average Bonchev–Trinajstić information content (AvgIpc) is 2.70. The summed E-state index contributed by atoms with van der Waals surface area (Å²) in [4.78, 5) is 9.52. The van der Waals surface area contributed by atoms with E-state index in [1.54, 1.807) is 5.54 Å². The predicted molar refractivity (Wildman–Crippen MR) is 110 cm³/mol. The first-order valence-electron chi connectivity index (χ1n) is 10.5. The number of nitrogens with zero attached hydrogens (tertiary/aromatic N) is 2. The molecule has 1 heterocycles. The summed E-state index contributed by atoms with van der Waals surface area (Å²) in [5, 5.41) is 0. The first kappa shape index (κ1) is 19.6. The topological polar surface area (TPSA) is 25.8 Å². The highest BCUT2D eigenvalue weighted by Gasteiger charge is 2.25. The van der Waals surface area contributed by atoms with Crippen LogP contribution in [0.1, 0.15) is 93.9 Å². The van der Waals surface area contributed by atoms with E-state index in [2.05, 4.69) is 25.0 Å². The highest BCUT2D eigenvalue weighted by molar-refractivity contribution is 6.25. The number of unbranched alkanes of at least 4 members (excludes halogenated alkanes) is 1. The zero-order valence-electron chi connectivity index (χ0n) is 16.0. The van der Waals surface area contributed by atoms with Crippen molar-refractivity contribution in [2.75, 3.05) is 0 Å². The molecule has 0 aliphatic heterocycles. The zero-order chi connectivity index (χ0) is 18.2. The summed E-state index contributed by atoms with van der Waals surface area (Å²) in [7, 11) is 0.